The Labute approximate surface area is 104 Å². The van der Waals surface area contributed by atoms with E-state index in [9.17, 15) is 9.59 Å². The second-order valence-corrected chi connectivity index (χ2v) is 5.36. The van der Waals surface area contributed by atoms with Crippen LogP contribution in [0.25, 0.3) is 0 Å². The topological polar surface area (TPSA) is 127 Å². The minimum absolute atomic E-state index is 0.579. The average Bonchev–Trinajstić information content (AvgIpc) is 2.90. The van der Waals surface area contributed by atoms with Gasteiger partial charge in [-0.25, -0.2) is 0 Å². The first-order valence-corrected chi connectivity index (χ1v) is 5.63. The van der Waals surface area contributed by atoms with Crippen LogP contribution < -0.4 is 5.32 Å². The lowest BCUT2D eigenvalue weighted by molar-refractivity contribution is -0.141. The highest BCUT2D eigenvalue weighted by Crippen LogP contribution is 2.58. The maximum Gasteiger partial charge on any atom is 0.307 e. The van der Waals surface area contributed by atoms with Crippen molar-refractivity contribution in [1.82, 2.24) is 5.32 Å². The highest BCUT2D eigenvalue weighted by atomic mass is 16.4. The van der Waals surface area contributed by atoms with Crippen LogP contribution in [0.15, 0.2) is 0 Å². The van der Waals surface area contributed by atoms with Crippen molar-refractivity contribution < 1.29 is 30.0 Å². The van der Waals surface area contributed by atoms with Crippen LogP contribution in [-0.4, -0.2) is 57.7 Å². The minimum Gasteiger partial charge on any atom is -0.481 e. The van der Waals surface area contributed by atoms with Gasteiger partial charge < -0.3 is 25.7 Å². The van der Waals surface area contributed by atoms with E-state index >= 15 is 0 Å². The highest BCUT2D eigenvalue weighted by molar-refractivity contribution is 5.92. The molecule has 0 aromatic rings. The summed E-state index contributed by atoms with van der Waals surface area (Å²) < 4.78 is 0. The summed E-state index contributed by atoms with van der Waals surface area (Å²) in [5.74, 6) is -3.14. The summed E-state index contributed by atoms with van der Waals surface area (Å²) in [6.07, 6.45) is 0. The largest absolute Gasteiger partial charge is 0.481 e. The number of aliphatic hydroxyl groups is 3. The van der Waals surface area contributed by atoms with Crippen molar-refractivity contribution in [3.63, 3.8) is 0 Å². The first-order chi connectivity index (χ1) is 8.25. The number of carboxylic acids is 1. The summed E-state index contributed by atoms with van der Waals surface area (Å²) in [4.78, 5) is 22.9. The molecule has 0 aromatic carbocycles. The molecule has 1 fully saturated rings. The van der Waals surface area contributed by atoms with Gasteiger partial charge in [-0.3, -0.25) is 9.59 Å². The lowest BCUT2D eigenvalue weighted by Crippen LogP contribution is -2.57. The lowest BCUT2D eigenvalue weighted by Gasteiger charge is -2.29. The molecule has 0 heterocycles. The minimum atomic E-state index is -1.52. The van der Waals surface area contributed by atoms with E-state index in [-0.39, 0.29) is 0 Å². The molecule has 0 spiro atoms. The maximum atomic E-state index is 11.9. The van der Waals surface area contributed by atoms with Crippen LogP contribution in [0.5, 0.6) is 0 Å². The zero-order valence-corrected chi connectivity index (χ0v) is 10.4. The Morgan fingerprint density at radius 3 is 1.83 bits per heavy atom. The summed E-state index contributed by atoms with van der Waals surface area (Å²) in [5.41, 5.74) is -2.18. The van der Waals surface area contributed by atoms with Crippen molar-refractivity contribution in [2.45, 2.75) is 19.4 Å². The average molecular weight is 261 g/mol. The van der Waals surface area contributed by atoms with Crippen molar-refractivity contribution >= 4 is 11.9 Å². The van der Waals surface area contributed by atoms with E-state index < -0.39 is 54.5 Å². The first-order valence-electron chi connectivity index (χ1n) is 5.63. The van der Waals surface area contributed by atoms with Crippen molar-refractivity contribution in [1.29, 1.82) is 0 Å². The molecule has 0 aliphatic heterocycles. The number of carbonyl (C=O) groups excluding carboxylic acids is 1. The highest BCUT2D eigenvalue weighted by Gasteiger charge is 2.66. The lowest BCUT2D eigenvalue weighted by atomic mass is 10.0. The quantitative estimate of drug-likeness (QED) is 0.383. The van der Waals surface area contributed by atoms with E-state index in [1.54, 1.807) is 13.8 Å². The zero-order chi connectivity index (χ0) is 14.1. The molecule has 1 aliphatic rings. The van der Waals surface area contributed by atoms with Crippen LogP contribution in [0.1, 0.15) is 13.8 Å². The standard InChI is InChI=1S/C11H19NO6/c1-10(2)6(7(10)9(17)18)8(16)12-11(3-13,4-14)5-15/h6-7,13-15H,3-5H2,1-2H3,(H,12,16)(H,17,18)/t6-,7+/m1/s1. The predicted molar refractivity (Wildman–Crippen MR) is 60.5 cm³/mol. The van der Waals surface area contributed by atoms with E-state index in [1.807, 2.05) is 0 Å². The van der Waals surface area contributed by atoms with Gasteiger partial charge in [0.05, 0.1) is 31.7 Å². The van der Waals surface area contributed by atoms with Gasteiger partial charge in [0.15, 0.2) is 0 Å². The van der Waals surface area contributed by atoms with E-state index in [0.717, 1.165) is 0 Å². The monoisotopic (exact) mass is 261 g/mol. The molecular weight excluding hydrogens is 242 g/mol. The Kier molecular flexibility index (Phi) is 3.99. The van der Waals surface area contributed by atoms with Crippen molar-refractivity contribution in [3.8, 4) is 0 Å². The van der Waals surface area contributed by atoms with Crippen LogP contribution in [0.3, 0.4) is 0 Å². The summed E-state index contributed by atoms with van der Waals surface area (Å²) >= 11 is 0. The van der Waals surface area contributed by atoms with Gasteiger partial charge in [0.2, 0.25) is 5.91 Å². The summed E-state index contributed by atoms with van der Waals surface area (Å²) in [6.45, 7) is 1.44. The molecule has 7 heteroatoms. The maximum absolute atomic E-state index is 11.9. The number of aliphatic carboxylic acids is 1. The second kappa shape index (κ2) is 4.83. The van der Waals surface area contributed by atoms with Gasteiger partial charge >= 0.3 is 5.97 Å². The fraction of sp³-hybridized carbons (Fsp3) is 0.818. The first kappa shape index (κ1) is 14.9. The number of aliphatic hydroxyl groups excluding tert-OH is 3. The van der Waals surface area contributed by atoms with Crippen LogP contribution >= 0.6 is 0 Å². The molecule has 1 rings (SSSR count). The number of carbonyl (C=O) groups is 2. The number of amides is 1. The van der Waals surface area contributed by atoms with Crippen LogP contribution in [0, 0.1) is 17.3 Å². The van der Waals surface area contributed by atoms with Gasteiger partial charge in [-0.05, 0) is 5.41 Å². The smallest absolute Gasteiger partial charge is 0.307 e. The summed E-state index contributed by atoms with van der Waals surface area (Å²) in [5, 5.41) is 38.5. The Hall–Kier alpha value is -1.18. The van der Waals surface area contributed by atoms with E-state index in [1.165, 1.54) is 0 Å². The Bertz CT molecular complexity index is 341. The molecule has 1 aliphatic carbocycles. The van der Waals surface area contributed by atoms with Gasteiger partial charge in [-0.1, -0.05) is 13.8 Å². The fourth-order valence-corrected chi connectivity index (χ4v) is 2.20. The fourth-order valence-electron chi connectivity index (χ4n) is 2.20. The van der Waals surface area contributed by atoms with Crippen molar-refractivity contribution in [3.05, 3.63) is 0 Å². The van der Waals surface area contributed by atoms with Gasteiger partial charge in [0.1, 0.15) is 5.54 Å². The van der Waals surface area contributed by atoms with Gasteiger partial charge in [-0.2, -0.15) is 0 Å². The third kappa shape index (κ3) is 2.33. The molecule has 5 N–H and O–H groups in total. The third-order valence-corrected chi connectivity index (χ3v) is 3.67. The van der Waals surface area contributed by atoms with E-state index in [4.69, 9.17) is 20.4 Å². The number of nitrogens with one attached hydrogen (secondary N) is 1. The van der Waals surface area contributed by atoms with Gasteiger partial charge in [0.25, 0.3) is 0 Å². The Balaban J connectivity index is 2.76. The summed E-state index contributed by atoms with van der Waals surface area (Å²) in [6, 6.07) is 0. The van der Waals surface area contributed by atoms with Crippen LogP contribution in [0.4, 0.5) is 0 Å². The number of carboxylic acid groups (broad SMARTS) is 1. The zero-order valence-electron chi connectivity index (χ0n) is 10.4. The molecule has 1 amide bonds. The molecule has 0 bridgehead atoms. The Morgan fingerprint density at radius 2 is 1.56 bits per heavy atom. The number of hydrogen-bond acceptors (Lipinski definition) is 5. The molecule has 0 aromatic heterocycles. The molecule has 0 saturated heterocycles. The summed E-state index contributed by atoms with van der Waals surface area (Å²) in [7, 11) is 0. The second-order valence-electron chi connectivity index (χ2n) is 5.36. The van der Waals surface area contributed by atoms with E-state index in [0.29, 0.717) is 0 Å². The van der Waals surface area contributed by atoms with Crippen molar-refractivity contribution in [2.75, 3.05) is 19.8 Å². The molecular formula is C11H19NO6. The molecule has 104 valence electrons. The molecule has 1 saturated carbocycles. The number of rotatable bonds is 6. The van der Waals surface area contributed by atoms with Crippen LogP contribution in [0.2, 0.25) is 0 Å². The number of hydrogen-bond donors (Lipinski definition) is 5. The normalized spacial score (nSPS) is 25.6. The molecule has 0 radical (unpaired) electrons. The SMILES string of the molecule is CC1(C)[C@H](C(=O)O)[C@@H]1C(=O)NC(CO)(CO)CO. The van der Waals surface area contributed by atoms with Crippen LogP contribution in [-0.2, 0) is 9.59 Å². The predicted octanol–water partition coefficient (Wildman–Crippen LogP) is -1.82. The molecule has 18 heavy (non-hydrogen) atoms. The van der Waals surface area contributed by atoms with E-state index in [2.05, 4.69) is 5.32 Å². The molecule has 0 unspecified atom stereocenters. The molecule has 2 atom stereocenters. The van der Waals surface area contributed by atoms with Gasteiger partial charge in [0, 0.05) is 0 Å². The van der Waals surface area contributed by atoms with Crippen molar-refractivity contribution in [2.24, 2.45) is 17.3 Å². The van der Waals surface area contributed by atoms with Gasteiger partial charge in [-0.15, -0.1) is 0 Å². The molecule has 7 nitrogen and oxygen atoms in total. The Morgan fingerprint density at radius 1 is 1.11 bits per heavy atom. The third-order valence-electron chi connectivity index (χ3n) is 3.67.